The fraction of sp³-hybridized carbons (Fsp3) is 0.529. The Labute approximate surface area is 175 Å². The first-order valence-electron chi connectivity index (χ1n) is 8.76. The standard InChI is InChI=1S/C17H27N3O7S2/c1-3-7-28-9-12(17(25)26)20-15(22)13(10-29(27)8-4-2)19-14(21)6-5-11(18)16(23)24/h3,7,10-12H,4-6,8-9,18H2,1-2H3,(H,19,21)(H,20,22)(H,23,24)(H,25,26). The molecular formula is C17H27N3O7S2. The second kappa shape index (κ2) is 14.8. The fourth-order valence-corrected chi connectivity index (χ4v) is 3.48. The van der Waals surface area contributed by atoms with Crippen molar-refractivity contribution in [3.8, 4) is 0 Å². The molecule has 0 spiro atoms. The lowest BCUT2D eigenvalue weighted by Gasteiger charge is -2.16. The summed E-state index contributed by atoms with van der Waals surface area (Å²) in [6.45, 7) is 3.55. The van der Waals surface area contributed by atoms with Gasteiger partial charge in [-0.05, 0) is 25.2 Å². The number of aliphatic carboxylic acids is 2. The maximum Gasteiger partial charge on any atom is 0.327 e. The molecule has 0 aliphatic carbocycles. The van der Waals surface area contributed by atoms with E-state index >= 15 is 0 Å². The predicted octanol–water partition coefficient (Wildman–Crippen LogP) is 0.131. The van der Waals surface area contributed by atoms with E-state index in [1.54, 1.807) is 25.3 Å². The Morgan fingerprint density at radius 3 is 2.38 bits per heavy atom. The number of carbonyl (C=O) groups excluding carboxylic acids is 2. The highest BCUT2D eigenvalue weighted by Crippen LogP contribution is 2.07. The number of hydrogen-bond donors (Lipinski definition) is 5. The van der Waals surface area contributed by atoms with Crippen LogP contribution in [0.25, 0.3) is 0 Å². The molecule has 10 nitrogen and oxygen atoms in total. The van der Waals surface area contributed by atoms with Crippen LogP contribution in [-0.4, -0.2) is 61.8 Å². The van der Waals surface area contributed by atoms with E-state index in [-0.39, 0.29) is 30.0 Å². The van der Waals surface area contributed by atoms with Crippen molar-refractivity contribution < 1.29 is 33.6 Å². The van der Waals surface area contributed by atoms with Gasteiger partial charge in [-0.1, -0.05) is 13.0 Å². The number of nitrogens with one attached hydrogen (secondary N) is 2. The molecule has 0 heterocycles. The van der Waals surface area contributed by atoms with Crippen LogP contribution < -0.4 is 16.4 Å². The lowest BCUT2D eigenvalue weighted by molar-refractivity contribution is -0.140. The van der Waals surface area contributed by atoms with E-state index in [4.69, 9.17) is 10.8 Å². The summed E-state index contributed by atoms with van der Waals surface area (Å²) in [6.07, 6.45) is 1.84. The number of allylic oxidation sites excluding steroid dienone is 1. The summed E-state index contributed by atoms with van der Waals surface area (Å²) in [6, 6.07) is -2.47. The van der Waals surface area contributed by atoms with Crippen LogP contribution in [0.3, 0.4) is 0 Å². The van der Waals surface area contributed by atoms with Gasteiger partial charge in [-0.2, -0.15) is 0 Å². The average Bonchev–Trinajstić information content (AvgIpc) is 2.64. The van der Waals surface area contributed by atoms with E-state index < -0.39 is 46.6 Å². The first-order valence-corrected chi connectivity index (χ1v) is 11.2. The molecule has 12 heteroatoms. The molecule has 29 heavy (non-hydrogen) atoms. The van der Waals surface area contributed by atoms with Crippen molar-refractivity contribution in [3.05, 3.63) is 22.6 Å². The van der Waals surface area contributed by atoms with E-state index in [9.17, 15) is 28.5 Å². The monoisotopic (exact) mass is 449 g/mol. The van der Waals surface area contributed by atoms with Gasteiger partial charge in [-0.3, -0.25) is 18.6 Å². The first-order chi connectivity index (χ1) is 13.6. The Bertz CT molecular complexity index is 680. The van der Waals surface area contributed by atoms with Crippen molar-refractivity contribution in [2.24, 2.45) is 5.73 Å². The molecule has 0 aliphatic heterocycles. The predicted molar refractivity (Wildman–Crippen MR) is 111 cm³/mol. The SMILES string of the molecule is CC=CSCC(NC(=O)C(=CS(=O)CCC)NC(=O)CCC(N)C(=O)O)C(=O)O. The summed E-state index contributed by atoms with van der Waals surface area (Å²) >= 11 is 1.18. The van der Waals surface area contributed by atoms with Gasteiger partial charge in [-0.15, -0.1) is 11.8 Å². The molecule has 0 fully saturated rings. The molecule has 0 saturated carbocycles. The number of nitrogens with two attached hydrogens (primary N) is 1. The second-order valence-corrected chi connectivity index (χ2v) is 8.16. The third kappa shape index (κ3) is 12.1. The topological polar surface area (TPSA) is 176 Å². The highest BCUT2D eigenvalue weighted by Gasteiger charge is 2.23. The smallest absolute Gasteiger partial charge is 0.327 e. The first kappa shape index (κ1) is 26.8. The van der Waals surface area contributed by atoms with Crippen LogP contribution in [0.4, 0.5) is 0 Å². The zero-order chi connectivity index (χ0) is 22.4. The van der Waals surface area contributed by atoms with Gasteiger partial charge >= 0.3 is 11.9 Å². The quantitative estimate of drug-likeness (QED) is 0.231. The molecule has 0 aromatic heterocycles. The summed E-state index contributed by atoms with van der Waals surface area (Å²) in [7, 11) is -1.56. The van der Waals surface area contributed by atoms with Gasteiger partial charge in [0.2, 0.25) is 5.91 Å². The summed E-state index contributed by atoms with van der Waals surface area (Å²) in [5.74, 6) is -3.83. The van der Waals surface area contributed by atoms with Crippen molar-refractivity contribution in [1.29, 1.82) is 0 Å². The molecule has 0 rings (SSSR count). The fourth-order valence-electron chi connectivity index (χ4n) is 1.81. The highest BCUT2D eigenvalue weighted by atomic mass is 32.2. The molecular weight excluding hydrogens is 422 g/mol. The lowest BCUT2D eigenvalue weighted by Crippen LogP contribution is -2.46. The number of rotatable bonds is 14. The number of amides is 2. The Kier molecular flexibility index (Phi) is 13.7. The van der Waals surface area contributed by atoms with Gasteiger partial charge in [0, 0.05) is 34.1 Å². The van der Waals surface area contributed by atoms with Gasteiger partial charge in [0.05, 0.1) is 0 Å². The third-order valence-corrected chi connectivity index (χ3v) is 5.57. The van der Waals surface area contributed by atoms with Crippen molar-refractivity contribution in [2.45, 2.75) is 45.2 Å². The number of hydrogen-bond acceptors (Lipinski definition) is 7. The molecule has 3 unspecified atom stereocenters. The maximum absolute atomic E-state index is 12.5. The molecule has 164 valence electrons. The molecule has 0 radical (unpaired) electrons. The van der Waals surface area contributed by atoms with Crippen LogP contribution >= 0.6 is 11.8 Å². The summed E-state index contributed by atoms with van der Waals surface area (Å²) in [4.78, 5) is 46.6. The summed E-state index contributed by atoms with van der Waals surface area (Å²) in [5, 5.41) is 25.3. The molecule has 0 aliphatic rings. The molecule has 2 amide bonds. The Morgan fingerprint density at radius 2 is 1.86 bits per heavy atom. The van der Waals surface area contributed by atoms with Crippen LogP contribution in [0.5, 0.6) is 0 Å². The van der Waals surface area contributed by atoms with Crippen molar-refractivity contribution in [3.63, 3.8) is 0 Å². The van der Waals surface area contributed by atoms with E-state index in [1.807, 2.05) is 0 Å². The summed E-state index contributed by atoms with van der Waals surface area (Å²) < 4.78 is 12.0. The lowest BCUT2D eigenvalue weighted by atomic mass is 10.1. The van der Waals surface area contributed by atoms with Crippen LogP contribution in [0.1, 0.15) is 33.1 Å². The van der Waals surface area contributed by atoms with Crippen molar-refractivity contribution in [1.82, 2.24) is 10.6 Å². The molecule has 0 aromatic rings. The Hall–Kier alpha value is -2.18. The second-order valence-electron chi connectivity index (χ2n) is 5.82. The number of thioether (sulfide) groups is 1. The van der Waals surface area contributed by atoms with Gasteiger partial charge in [0.15, 0.2) is 0 Å². The molecule has 6 N–H and O–H groups in total. The average molecular weight is 450 g/mol. The van der Waals surface area contributed by atoms with Crippen LogP contribution in [0.2, 0.25) is 0 Å². The molecule has 3 atom stereocenters. The van der Waals surface area contributed by atoms with E-state index in [0.29, 0.717) is 6.42 Å². The normalized spacial score (nSPS) is 14.8. The molecule has 0 saturated heterocycles. The van der Waals surface area contributed by atoms with Crippen molar-refractivity contribution >= 4 is 46.3 Å². The van der Waals surface area contributed by atoms with Gasteiger partial charge < -0.3 is 26.6 Å². The van der Waals surface area contributed by atoms with E-state index in [2.05, 4.69) is 10.6 Å². The van der Waals surface area contributed by atoms with Gasteiger partial charge in [0.1, 0.15) is 17.8 Å². The highest BCUT2D eigenvalue weighted by molar-refractivity contribution is 8.02. The van der Waals surface area contributed by atoms with Crippen LogP contribution in [0.15, 0.2) is 22.6 Å². The minimum atomic E-state index is -1.56. The number of carbonyl (C=O) groups is 4. The minimum absolute atomic E-state index is 0.0537. The summed E-state index contributed by atoms with van der Waals surface area (Å²) in [5.41, 5.74) is 4.98. The molecule has 0 bridgehead atoms. The maximum atomic E-state index is 12.5. The third-order valence-electron chi connectivity index (χ3n) is 3.27. The number of carboxylic acid groups (broad SMARTS) is 2. The van der Waals surface area contributed by atoms with E-state index in [0.717, 1.165) is 5.41 Å². The van der Waals surface area contributed by atoms with Crippen LogP contribution in [0, 0.1) is 0 Å². The zero-order valence-corrected chi connectivity index (χ0v) is 17.9. The molecule has 0 aromatic carbocycles. The minimum Gasteiger partial charge on any atom is -0.480 e. The van der Waals surface area contributed by atoms with Crippen LogP contribution in [-0.2, 0) is 30.0 Å². The van der Waals surface area contributed by atoms with Gasteiger partial charge in [-0.25, -0.2) is 4.79 Å². The van der Waals surface area contributed by atoms with Crippen molar-refractivity contribution in [2.75, 3.05) is 11.5 Å². The van der Waals surface area contributed by atoms with E-state index in [1.165, 1.54) is 11.8 Å². The zero-order valence-electron chi connectivity index (χ0n) is 16.3. The largest absolute Gasteiger partial charge is 0.480 e. The Morgan fingerprint density at radius 1 is 1.21 bits per heavy atom. The Balaban J connectivity index is 5.25. The number of carboxylic acids is 2. The van der Waals surface area contributed by atoms with Gasteiger partial charge in [0.25, 0.3) is 5.91 Å².